The van der Waals surface area contributed by atoms with Gasteiger partial charge in [-0.2, -0.15) is 0 Å². The molecule has 0 N–H and O–H groups in total. The van der Waals surface area contributed by atoms with Crippen LogP contribution in [0.1, 0.15) is 0 Å². The second kappa shape index (κ2) is 22.2. The number of para-hydroxylation sites is 4. The Morgan fingerprint density at radius 3 is 0.591 bits per heavy atom. The largest absolute Gasteiger partial charge is 0.256 e. The maximum Gasteiger partial charge on any atom is 0.160 e. The van der Waals surface area contributed by atoms with Crippen LogP contribution in [0.4, 0.5) is 0 Å². The zero-order chi connectivity index (χ0) is 58.3. The highest BCUT2D eigenvalue weighted by atomic mass is 14.9. The molecule has 16 aromatic rings. The van der Waals surface area contributed by atoms with Crippen LogP contribution in [-0.2, 0) is 0 Å². The van der Waals surface area contributed by atoms with Crippen molar-refractivity contribution in [1.29, 1.82) is 0 Å². The highest BCUT2D eigenvalue weighted by Gasteiger charge is 2.16. The Hall–Kier alpha value is -12.0. The standard InChI is InChI=1S/C80H50N8/c1-5-13-71-63(9-1)41-67(47-81-71)53-17-29-57(30-18-53)75-45-76(58-31-19-54(20-32-58)68-42-64-10-2-6-14-72(64)82-48-68)86-79(85-75)61-37-25-51(26-38-61)52-27-39-62(40-28-52)80-87-77(59-33-21-55(22-34-59)69-43-65-11-3-7-15-73(65)83-49-69)46-78(88-80)60-35-23-56(24-36-60)70-44-66-12-4-8-16-74(66)84-50-70/h1-50H. The summed E-state index contributed by atoms with van der Waals surface area (Å²) in [6, 6.07) is 97.0. The normalized spacial score (nSPS) is 11.4. The number of hydrogen-bond donors (Lipinski definition) is 0. The molecule has 0 radical (unpaired) electrons. The van der Waals surface area contributed by atoms with Crippen LogP contribution in [0.3, 0.4) is 0 Å². The maximum atomic E-state index is 5.25. The molecule has 16 rings (SSSR count). The Balaban J connectivity index is 0.712. The fourth-order valence-corrected chi connectivity index (χ4v) is 11.6. The molecule has 0 atom stereocenters. The number of nitrogens with zero attached hydrogens (tertiary/aromatic N) is 8. The Kier molecular flexibility index (Phi) is 13.0. The minimum absolute atomic E-state index is 0.633. The summed E-state index contributed by atoms with van der Waals surface area (Å²) < 4.78 is 0. The van der Waals surface area contributed by atoms with Crippen molar-refractivity contribution in [3.8, 4) is 123 Å². The average Bonchev–Trinajstić information content (AvgIpc) is 3.30. The van der Waals surface area contributed by atoms with Crippen molar-refractivity contribution in [2.45, 2.75) is 0 Å². The fourth-order valence-electron chi connectivity index (χ4n) is 11.6. The molecular weight excluding hydrogens is 1070 g/mol. The number of pyridine rings is 4. The van der Waals surface area contributed by atoms with Gasteiger partial charge in [0.1, 0.15) is 0 Å². The van der Waals surface area contributed by atoms with Crippen LogP contribution in [0.15, 0.2) is 304 Å². The molecule has 0 amide bonds. The van der Waals surface area contributed by atoms with Crippen molar-refractivity contribution >= 4 is 43.6 Å². The van der Waals surface area contributed by atoms with E-state index in [4.69, 9.17) is 39.9 Å². The summed E-state index contributed by atoms with van der Waals surface area (Å²) in [5.41, 5.74) is 23.6. The van der Waals surface area contributed by atoms with Gasteiger partial charge in [-0.05, 0) is 94.0 Å². The van der Waals surface area contributed by atoms with Crippen LogP contribution in [0, 0.1) is 0 Å². The first-order valence-corrected chi connectivity index (χ1v) is 29.3. The lowest BCUT2D eigenvalue weighted by molar-refractivity contribution is 1.18. The van der Waals surface area contributed by atoms with Crippen LogP contribution >= 0.6 is 0 Å². The fraction of sp³-hybridized carbons (Fsp3) is 0. The first kappa shape index (κ1) is 51.6. The third-order valence-corrected chi connectivity index (χ3v) is 16.5. The van der Waals surface area contributed by atoms with Gasteiger partial charge in [-0.15, -0.1) is 0 Å². The van der Waals surface area contributed by atoms with E-state index in [1.807, 2.05) is 97.6 Å². The Morgan fingerprint density at radius 1 is 0.159 bits per heavy atom. The molecule has 6 aromatic heterocycles. The quantitative estimate of drug-likeness (QED) is 0.126. The van der Waals surface area contributed by atoms with Crippen molar-refractivity contribution in [2.24, 2.45) is 0 Å². The van der Waals surface area contributed by atoms with Crippen molar-refractivity contribution < 1.29 is 0 Å². The number of rotatable bonds is 11. The van der Waals surface area contributed by atoms with Crippen LogP contribution in [-0.4, -0.2) is 39.9 Å². The minimum Gasteiger partial charge on any atom is -0.256 e. The molecule has 0 unspecified atom stereocenters. The van der Waals surface area contributed by atoms with Gasteiger partial charge in [-0.25, -0.2) is 19.9 Å². The summed E-state index contributed by atoms with van der Waals surface area (Å²) in [7, 11) is 0. The Labute approximate surface area is 508 Å². The number of aromatic nitrogens is 8. The van der Waals surface area contributed by atoms with E-state index in [0.717, 1.165) is 155 Å². The van der Waals surface area contributed by atoms with Gasteiger partial charge < -0.3 is 0 Å². The van der Waals surface area contributed by atoms with Crippen LogP contribution in [0.25, 0.3) is 167 Å². The molecule has 8 heteroatoms. The molecular formula is C80H50N8. The van der Waals surface area contributed by atoms with E-state index in [1.165, 1.54) is 0 Å². The average molecular weight is 1120 g/mol. The van der Waals surface area contributed by atoms with Crippen LogP contribution < -0.4 is 0 Å². The summed E-state index contributed by atoms with van der Waals surface area (Å²) in [5.74, 6) is 1.27. The molecule has 0 fully saturated rings. The second-order valence-electron chi connectivity index (χ2n) is 22.1. The van der Waals surface area contributed by atoms with E-state index in [-0.39, 0.29) is 0 Å². The van der Waals surface area contributed by atoms with Gasteiger partial charge in [0.05, 0.1) is 44.8 Å². The van der Waals surface area contributed by atoms with Gasteiger partial charge in [0.25, 0.3) is 0 Å². The minimum atomic E-state index is 0.633. The zero-order valence-electron chi connectivity index (χ0n) is 47.4. The first-order valence-electron chi connectivity index (χ1n) is 29.3. The summed E-state index contributed by atoms with van der Waals surface area (Å²) in [5, 5.41) is 4.42. The predicted octanol–water partition coefficient (Wildman–Crippen LogP) is 19.8. The van der Waals surface area contributed by atoms with Gasteiger partial charge in [-0.3, -0.25) is 19.9 Å². The Morgan fingerprint density at radius 2 is 0.352 bits per heavy atom. The third-order valence-electron chi connectivity index (χ3n) is 16.5. The van der Waals surface area contributed by atoms with Crippen LogP contribution in [0.5, 0.6) is 0 Å². The zero-order valence-corrected chi connectivity index (χ0v) is 47.4. The molecule has 10 aromatic carbocycles. The summed E-state index contributed by atoms with van der Waals surface area (Å²) in [6.07, 6.45) is 7.76. The highest BCUT2D eigenvalue weighted by Crippen LogP contribution is 2.36. The molecule has 8 nitrogen and oxygen atoms in total. The SMILES string of the molecule is c1ccc2ncc(-c3ccc(-c4cc(-c5ccc(-c6cnc7ccccc7c6)cc5)nc(-c5ccc(-c6ccc(-c7nc(-c8ccc(-c9cnc%10ccccc%10c9)cc8)cc(-c8ccc(-c9cnc%10ccccc%10c9)cc8)n7)cc6)cc5)n4)cc3)cc2c1. The first-order chi connectivity index (χ1) is 43.5. The van der Waals surface area contributed by atoms with Gasteiger partial charge in [-0.1, -0.05) is 218 Å². The lowest BCUT2D eigenvalue weighted by atomic mass is 9.99. The summed E-state index contributed by atoms with van der Waals surface area (Å²) in [4.78, 5) is 39.9. The molecule has 88 heavy (non-hydrogen) atoms. The monoisotopic (exact) mass is 1120 g/mol. The number of hydrogen-bond acceptors (Lipinski definition) is 8. The Bertz CT molecular complexity index is 4670. The van der Waals surface area contributed by atoms with Crippen molar-refractivity contribution in [2.75, 3.05) is 0 Å². The number of fused-ring (bicyclic) bond motifs is 4. The third kappa shape index (κ3) is 10.3. The van der Waals surface area contributed by atoms with Gasteiger partial charge in [0, 0.05) is 102 Å². The lowest BCUT2D eigenvalue weighted by Gasteiger charge is -2.12. The van der Waals surface area contributed by atoms with Crippen LogP contribution in [0.2, 0.25) is 0 Å². The van der Waals surface area contributed by atoms with E-state index in [2.05, 4.69) is 206 Å². The molecule has 0 aliphatic carbocycles. The van der Waals surface area contributed by atoms with Gasteiger partial charge in [0.15, 0.2) is 11.6 Å². The number of benzene rings is 10. The predicted molar refractivity (Wildman–Crippen MR) is 359 cm³/mol. The van der Waals surface area contributed by atoms with Crippen molar-refractivity contribution in [3.05, 3.63) is 304 Å². The van der Waals surface area contributed by atoms with E-state index >= 15 is 0 Å². The van der Waals surface area contributed by atoms with E-state index < -0.39 is 0 Å². The van der Waals surface area contributed by atoms with Crippen molar-refractivity contribution in [1.82, 2.24) is 39.9 Å². The lowest BCUT2D eigenvalue weighted by Crippen LogP contribution is -1.96. The van der Waals surface area contributed by atoms with Crippen molar-refractivity contribution in [3.63, 3.8) is 0 Å². The smallest absolute Gasteiger partial charge is 0.160 e. The molecule has 0 saturated carbocycles. The van der Waals surface area contributed by atoms with Gasteiger partial charge in [0.2, 0.25) is 0 Å². The molecule has 0 spiro atoms. The van der Waals surface area contributed by atoms with E-state index in [1.54, 1.807) is 0 Å². The maximum absolute atomic E-state index is 5.25. The van der Waals surface area contributed by atoms with E-state index in [0.29, 0.717) is 11.6 Å². The molecule has 0 saturated heterocycles. The van der Waals surface area contributed by atoms with Gasteiger partial charge >= 0.3 is 0 Å². The topological polar surface area (TPSA) is 103 Å². The molecule has 410 valence electrons. The molecule has 6 heterocycles. The summed E-state index contributed by atoms with van der Waals surface area (Å²) >= 11 is 0. The summed E-state index contributed by atoms with van der Waals surface area (Å²) in [6.45, 7) is 0. The molecule has 0 bridgehead atoms. The molecule has 0 aliphatic rings. The molecule has 0 aliphatic heterocycles. The highest BCUT2D eigenvalue weighted by molar-refractivity contribution is 5.88. The van der Waals surface area contributed by atoms with E-state index in [9.17, 15) is 0 Å². The second-order valence-corrected chi connectivity index (χ2v) is 22.1.